The highest BCUT2D eigenvalue weighted by Gasteiger charge is 2.32. The van der Waals surface area contributed by atoms with Gasteiger partial charge in [0.25, 0.3) is 5.91 Å². The lowest BCUT2D eigenvalue weighted by molar-refractivity contribution is -0.146. The van der Waals surface area contributed by atoms with Crippen molar-refractivity contribution in [2.45, 2.75) is 25.3 Å². The Kier molecular flexibility index (Phi) is 6.42. The van der Waals surface area contributed by atoms with Crippen LogP contribution >= 0.6 is 0 Å². The fourth-order valence-electron chi connectivity index (χ4n) is 3.48. The summed E-state index contributed by atoms with van der Waals surface area (Å²) in [7, 11) is 0. The van der Waals surface area contributed by atoms with Gasteiger partial charge in [-0.25, -0.2) is 0 Å². The summed E-state index contributed by atoms with van der Waals surface area (Å²) >= 11 is 0. The first-order chi connectivity index (χ1) is 13.5. The highest BCUT2D eigenvalue weighted by molar-refractivity contribution is 5.97. The van der Waals surface area contributed by atoms with E-state index in [2.05, 4.69) is 5.32 Å². The first-order valence-electron chi connectivity index (χ1n) is 9.46. The third-order valence-corrected chi connectivity index (χ3v) is 5.00. The van der Waals surface area contributed by atoms with Crippen molar-refractivity contribution in [3.8, 4) is 0 Å². The van der Waals surface area contributed by atoms with E-state index in [0.29, 0.717) is 31.4 Å². The van der Waals surface area contributed by atoms with Gasteiger partial charge in [0.05, 0.1) is 5.92 Å². The number of carboxylic acid groups (broad SMARTS) is 1. The van der Waals surface area contributed by atoms with Gasteiger partial charge >= 0.3 is 5.97 Å². The number of carbonyl (C=O) groups excluding carboxylic acids is 2. The van der Waals surface area contributed by atoms with Crippen LogP contribution in [0.3, 0.4) is 0 Å². The van der Waals surface area contributed by atoms with Gasteiger partial charge in [0.1, 0.15) is 6.04 Å². The number of piperidine rings is 1. The molecule has 2 amide bonds. The van der Waals surface area contributed by atoms with Gasteiger partial charge in [0, 0.05) is 25.1 Å². The Morgan fingerprint density at radius 2 is 1.68 bits per heavy atom. The summed E-state index contributed by atoms with van der Waals surface area (Å²) in [6, 6.07) is 17.5. The standard InChI is InChI=1S/C22H24N2O4/c25-20(17-10-5-2-6-11-17)23-19(14-16-8-3-1-4-9-16)21(26)24-13-7-12-18(15-24)22(27)28/h1-6,8-11,18-19H,7,12-15H2,(H,23,25)(H,27,28). The van der Waals surface area contributed by atoms with Gasteiger partial charge in [-0.15, -0.1) is 0 Å². The molecule has 0 aliphatic carbocycles. The number of hydrogen-bond acceptors (Lipinski definition) is 3. The van der Waals surface area contributed by atoms with Crippen molar-refractivity contribution in [3.05, 3.63) is 71.8 Å². The highest BCUT2D eigenvalue weighted by Crippen LogP contribution is 2.18. The Morgan fingerprint density at radius 3 is 2.32 bits per heavy atom. The minimum Gasteiger partial charge on any atom is -0.481 e. The van der Waals surface area contributed by atoms with Crippen LogP contribution in [-0.2, 0) is 16.0 Å². The molecule has 0 aromatic heterocycles. The van der Waals surface area contributed by atoms with Crippen LogP contribution in [0.15, 0.2) is 60.7 Å². The topological polar surface area (TPSA) is 86.7 Å². The normalized spacial score (nSPS) is 17.6. The summed E-state index contributed by atoms with van der Waals surface area (Å²) in [5.74, 6) is -1.99. The average Bonchev–Trinajstić information content (AvgIpc) is 2.74. The van der Waals surface area contributed by atoms with Crippen LogP contribution in [0, 0.1) is 5.92 Å². The second-order valence-electron chi connectivity index (χ2n) is 7.04. The molecule has 1 saturated heterocycles. The molecule has 1 fully saturated rings. The number of carboxylic acids is 1. The van der Waals surface area contributed by atoms with Crippen molar-refractivity contribution in [1.29, 1.82) is 0 Å². The van der Waals surface area contributed by atoms with Crippen LogP contribution in [0.2, 0.25) is 0 Å². The van der Waals surface area contributed by atoms with Crippen LogP contribution in [0.25, 0.3) is 0 Å². The predicted octanol–water partition coefficient (Wildman–Crippen LogP) is 2.35. The van der Waals surface area contributed by atoms with Gasteiger partial charge in [0.2, 0.25) is 5.91 Å². The Labute approximate surface area is 164 Å². The molecular weight excluding hydrogens is 356 g/mol. The van der Waals surface area contributed by atoms with Gasteiger partial charge < -0.3 is 15.3 Å². The van der Waals surface area contributed by atoms with Crippen LogP contribution in [0.5, 0.6) is 0 Å². The molecule has 2 aromatic rings. The molecule has 6 heteroatoms. The molecule has 1 aliphatic rings. The third-order valence-electron chi connectivity index (χ3n) is 5.00. The van der Waals surface area contributed by atoms with Crippen LogP contribution in [-0.4, -0.2) is 46.9 Å². The molecule has 1 heterocycles. The van der Waals surface area contributed by atoms with E-state index in [-0.39, 0.29) is 18.4 Å². The zero-order valence-corrected chi connectivity index (χ0v) is 15.6. The van der Waals surface area contributed by atoms with E-state index in [9.17, 15) is 19.5 Å². The Bertz CT molecular complexity index is 823. The minimum absolute atomic E-state index is 0.181. The fraction of sp³-hybridized carbons (Fsp3) is 0.318. The van der Waals surface area contributed by atoms with Gasteiger partial charge in [-0.1, -0.05) is 48.5 Å². The largest absolute Gasteiger partial charge is 0.481 e. The van der Waals surface area contributed by atoms with E-state index in [1.807, 2.05) is 36.4 Å². The lowest BCUT2D eigenvalue weighted by atomic mass is 9.96. The lowest BCUT2D eigenvalue weighted by Gasteiger charge is -2.33. The summed E-state index contributed by atoms with van der Waals surface area (Å²) in [5, 5.41) is 12.1. The monoisotopic (exact) mass is 380 g/mol. The van der Waals surface area contributed by atoms with E-state index in [4.69, 9.17) is 0 Å². The molecule has 2 aromatic carbocycles. The zero-order valence-electron chi connectivity index (χ0n) is 15.6. The average molecular weight is 380 g/mol. The molecule has 1 aliphatic heterocycles. The van der Waals surface area contributed by atoms with Gasteiger partial charge in [0.15, 0.2) is 0 Å². The van der Waals surface area contributed by atoms with Crippen molar-refractivity contribution in [2.75, 3.05) is 13.1 Å². The number of nitrogens with one attached hydrogen (secondary N) is 1. The van der Waals surface area contributed by atoms with Crippen molar-refractivity contribution >= 4 is 17.8 Å². The first-order valence-corrected chi connectivity index (χ1v) is 9.46. The van der Waals surface area contributed by atoms with Gasteiger partial charge in [-0.2, -0.15) is 0 Å². The van der Waals surface area contributed by atoms with E-state index in [1.165, 1.54) is 0 Å². The number of rotatable bonds is 6. The molecule has 2 N–H and O–H groups in total. The van der Waals surface area contributed by atoms with Crippen molar-refractivity contribution < 1.29 is 19.5 Å². The molecule has 0 radical (unpaired) electrons. The predicted molar refractivity (Wildman–Crippen MR) is 105 cm³/mol. The number of hydrogen-bond donors (Lipinski definition) is 2. The number of aliphatic carboxylic acids is 1. The minimum atomic E-state index is -0.884. The van der Waals surface area contributed by atoms with Crippen molar-refractivity contribution in [1.82, 2.24) is 10.2 Å². The van der Waals surface area contributed by atoms with Crippen molar-refractivity contribution in [2.24, 2.45) is 5.92 Å². The number of benzene rings is 2. The van der Waals surface area contributed by atoms with Crippen LogP contribution in [0.1, 0.15) is 28.8 Å². The summed E-state index contributed by atoms with van der Waals surface area (Å²) in [4.78, 5) is 38.7. The molecular formula is C22H24N2O4. The highest BCUT2D eigenvalue weighted by atomic mass is 16.4. The molecule has 0 bridgehead atoms. The quantitative estimate of drug-likeness (QED) is 0.805. The van der Waals surface area contributed by atoms with E-state index in [1.54, 1.807) is 29.2 Å². The fourth-order valence-corrected chi connectivity index (χ4v) is 3.48. The first kappa shape index (κ1) is 19.6. The van der Waals surface area contributed by atoms with E-state index < -0.39 is 17.9 Å². The maximum atomic E-state index is 13.2. The molecule has 3 rings (SSSR count). The molecule has 0 saturated carbocycles. The maximum Gasteiger partial charge on any atom is 0.308 e. The number of nitrogens with zero attached hydrogens (tertiary/aromatic N) is 1. The Hall–Kier alpha value is -3.15. The van der Waals surface area contributed by atoms with Gasteiger partial charge in [-0.05, 0) is 30.5 Å². The molecule has 2 atom stereocenters. The zero-order chi connectivity index (χ0) is 19.9. The van der Waals surface area contributed by atoms with Crippen LogP contribution in [0.4, 0.5) is 0 Å². The summed E-state index contributed by atoms with van der Waals surface area (Å²) in [5.41, 5.74) is 1.41. The van der Waals surface area contributed by atoms with Crippen molar-refractivity contribution in [3.63, 3.8) is 0 Å². The second kappa shape index (κ2) is 9.17. The molecule has 0 spiro atoms. The Balaban J connectivity index is 1.77. The number of likely N-dealkylation sites (tertiary alicyclic amines) is 1. The second-order valence-corrected chi connectivity index (χ2v) is 7.04. The molecule has 28 heavy (non-hydrogen) atoms. The van der Waals surface area contributed by atoms with E-state index >= 15 is 0 Å². The summed E-state index contributed by atoms with van der Waals surface area (Å²) in [6.07, 6.45) is 1.57. The molecule has 2 unspecified atom stereocenters. The Morgan fingerprint density at radius 1 is 1.04 bits per heavy atom. The van der Waals surface area contributed by atoms with Crippen LogP contribution < -0.4 is 5.32 Å². The molecule has 146 valence electrons. The lowest BCUT2D eigenvalue weighted by Crippen LogP contribution is -2.53. The maximum absolute atomic E-state index is 13.2. The number of carbonyl (C=O) groups is 3. The number of amides is 2. The van der Waals surface area contributed by atoms with E-state index in [0.717, 1.165) is 5.56 Å². The molecule has 6 nitrogen and oxygen atoms in total. The summed E-state index contributed by atoms with van der Waals surface area (Å²) in [6.45, 7) is 0.690. The summed E-state index contributed by atoms with van der Waals surface area (Å²) < 4.78 is 0. The van der Waals surface area contributed by atoms with Gasteiger partial charge in [-0.3, -0.25) is 14.4 Å². The third kappa shape index (κ3) is 4.97. The SMILES string of the molecule is O=C(NC(Cc1ccccc1)C(=O)N1CCCC(C(=O)O)C1)c1ccccc1. The smallest absolute Gasteiger partial charge is 0.308 e.